The number of piperazine rings is 1. The number of carbonyl (C=O) groups is 4. The third kappa shape index (κ3) is 10.4. The molecule has 2 aromatic heterocycles. The minimum absolute atomic E-state index is 0.0556. The number of piperidine rings is 3. The van der Waals surface area contributed by atoms with Gasteiger partial charge in [0.15, 0.2) is 5.82 Å². The molecule has 1 aliphatic carbocycles. The Morgan fingerprint density at radius 3 is 2.34 bits per heavy atom. The number of amides is 4. The highest BCUT2D eigenvalue weighted by molar-refractivity contribution is 7.99. The first-order chi connectivity index (χ1) is 29.4. The van der Waals surface area contributed by atoms with Crippen molar-refractivity contribution in [3.05, 3.63) is 53.4 Å². The molecule has 5 aliphatic rings. The lowest BCUT2D eigenvalue weighted by Gasteiger charge is -2.40. The second-order valence-electron chi connectivity index (χ2n) is 17.9. The molecule has 3 aromatic rings. The largest absolute Gasteiger partial charge is 0.381 e. The molecule has 6 heterocycles. The Bertz CT molecular complexity index is 2090. The Morgan fingerprint density at radius 2 is 1.64 bits per heavy atom. The second kappa shape index (κ2) is 18.9. The van der Waals surface area contributed by atoms with Gasteiger partial charge in [0.1, 0.15) is 10.8 Å². The van der Waals surface area contributed by atoms with Crippen LogP contribution in [0.25, 0.3) is 0 Å². The smallest absolute Gasteiger partial charge is 0.234 e. The number of nitrogen functional groups attached to an aromatic ring is 1. The van der Waals surface area contributed by atoms with Gasteiger partial charge in [-0.25, -0.2) is 9.97 Å². The molecular formula is C44H58ClN11O4S. The Labute approximate surface area is 367 Å². The van der Waals surface area contributed by atoms with Crippen molar-refractivity contribution < 1.29 is 19.2 Å². The van der Waals surface area contributed by atoms with Crippen molar-refractivity contribution in [3.8, 4) is 0 Å². The lowest BCUT2D eigenvalue weighted by atomic mass is 9.80. The van der Waals surface area contributed by atoms with Crippen LogP contribution in [0, 0.1) is 17.8 Å². The van der Waals surface area contributed by atoms with Gasteiger partial charge in [-0.2, -0.15) is 0 Å². The highest BCUT2D eigenvalue weighted by Crippen LogP contribution is 2.40. The van der Waals surface area contributed by atoms with Crippen molar-refractivity contribution in [2.75, 3.05) is 79.8 Å². The van der Waals surface area contributed by atoms with Crippen molar-refractivity contribution in [3.63, 3.8) is 0 Å². The van der Waals surface area contributed by atoms with Crippen LogP contribution in [0.4, 0.5) is 23.0 Å². The number of hydrogen-bond donors (Lipinski definition) is 4. The number of aromatic nitrogens is 3. The zero-order valence-electron chi connectivity index (χ0n) is 35.0. The monoisotopic (exact) mass is 871 g/mol. The molecule has 5 fully saturated rings. The molecule has 15 nitrogen and oxygen atoms in total. The molecule has 1 saturated carbocycles. The summed E-state index contributed by atoms with van der Waals surface area (Å²) in [4.78, 5) is 74.6. The molecule has 1 unspecified atom stereocenters. The van der Waals surface area contributed by atoms with E-state index in [9.17, 15) is 19.2 Å². The summed E-state index contributed by atoms with van der Waals surface area (Å²) in [6.07, 6.45) is 12.8. The van der Waals surface area contributed by atoms with Crippen LogP contribution in [0.2, 0.25) is 5.02 Å². The van der Waals surface area contributed by atoms with E-state index >= 15 is 0 Å². The van der Waals surface area contributed by atoms with Crippen LogP contribution >= 0.6 is 23.4 Å². The van der Waals surface area contributed by atoms with Gasteiger partial charge in [-0.05, 0) is 94.4 Å². The SMILES string of the molecule is CC1(N)CCN(c2cnc(Sc3cccc(NC(=O)C4CCC(C(=O)N5CCN(CC6CCN(c7cncc(C8CCC(=O)NC8=O)c7)CC6)CC5)CC4)c3Cl)c(N)n2)CC1. The standard InChI is InChI=1S/C44H58ClN11O4S/c1-44(47)13-17-55(18-14-44)36-26-49-42(39(46)51-36)61-35-4-2-3-34(38(35)45)50-40(58)29-5-7-30(8-6-29)43(60)56-21-19-53(20-22-56)27-28-11-15-54(16-12-28)32-23-31(24-48-25-32)33-9-10-37(57)52-41(33)59/h2-4,23-26,28-30,33H,5-22,27,47H2,1H3,(H2,46,51)(H,50,58)(H,52,57,59). The summed E-state index contributed by atoms with van der Waals surface area (Å²) in [5, 5.41) is 6.48. The van der Waals surface area contributed by atoms with E-state index in [0.717, 1.165) is 102 Å². The zero-order chi connectivity index (χ0) is 42.7. The number of anilines is 4. The van der Waals surface area contributed by atoms with E-state index in [4.69, 9.17) is 23.1 Å². The van der Waals surface area contributed by atoms with E-state index in [-0.39, 0.29) is 46.9 Å². The molecule has 0 radical (unpaired) electrons. The molecule has 4 aliphatic heterocycles. The fraction of sp³-hybridized carbons (Fsp3) is 0.568. The van der Waals surface area contributed by atoms with Gasteiger partial charge in [-0.3, -0.25) is 34.4 Å². The van der Waals surface area contributed by atoms with Crippen LogP contribution in [-0.4, -0.2) is 113 Å². The number of carbonyl (C=O) groups excluding carboxylic acids is 4. The Balaban J connectivity index is 0.750. The van der Waals surface area contributed by atoms with Gasteiger partial charge in [0.2, 0.25) is 23.6 Å². The molecule has 4 amide bonds. The molecule has 0 bridgehead atoms. The average Bonchev–Trinajstić information content (AvgIpc) is 3.26. The predicted octanol–water partition coefficient (Wildman–Crippen LogP) is 4.90. The molecule has 17 heteroatoms. The Kier molecular flexibility index (Phi) is 13.3. The summed E-state index contributed by atoms with van der Waals surface area (Å²) < 4.78 is 0. The number of imide groups is 1. The van der Waals surface area contributed by atoms with Crippen molar-refractivity contribution in [2.45, 2.75) is 92.5 Å². The second-order valence-corrected chi connectivity index (χ2v) is 19.3. The topological polar surface area (TPSA) is 196 Å². The summed E-state index contributed by atoms with van der Waals surface area (Å²) in [5.74, 6) is 0.756. The fourth-order valence-corrected chi connectivity index (χ4v) is 10.6. The molecule has 1 aromatic carbocycles. The first-order valence-electron chi connectivity index (χ1n) is 21.9. The molecule has 4 saturated heterocycles. The highest BCUT2D eigenvalue weighted by atomic mass is 35.5. The van der Waals surface area contributed by atoms with Crippen LogP contribution in [-0.2, 0) is 19.2 Å². The molecule has 326 valence electrons. The van der Waals surface area contributed by atoms with E-state index in [1.807, 2.05) is 23.2 Å². The normalized spacial score (nSPS) is 24.0. The minimum atomic E-state index is -0.335. The minimum Gasteiger partial charge on any atom is -0.381 e. The third-order valence-electron chi connectivity index (χ3n) is 13.4. The van der Waals surface area contributed by atoms with E-state index in [2.05, 4.69) is 53.3 Å². The maximum atomic E-state index is 13.6. The number of pyridine rings is 1. The number of hydrogen-bond acceptors (Lipinski definition) is 13. The molecule has 8 rings (SSSR count). The van der Waals surface area contributed by atoms with Gasteiger partial charge in [0, 0.05) is 93.8 Å². The molecule has 0 spiro atoms. The number of nitrogens with one attached hydrogen (secondary N) is 2. The molecule has 1 atom stereocenters. The van der Waals surface area contributed by atoms with E-state index in [1.54, 1.807) is 18.5 Å². The third-order valence-corrected chi connectivity index (χ3v) is 15.0. The number of nitrogens with zero attached hydrogens (tertiary/aromatic N) is 7. The molecule has 6 N–H and O–H groups in total. The summed E-state index contributed by atoms with van der Waals surface area (Å²) in [6, 6.07) is 7.58. The Morgan fingerprint density at radius 1 is 0.918 bits per heavy atom. The number of halogens is 1. The lowest BCUT2D eigenvalue weighted by Crippen LogP contribution is -2.52. The first kappa shape index (κ1) is 43.2. The highest BCUT2D eigenvalue weighted by Gasteiger charge is 2.35. The van der Waals surface area contributed by atoms with Crippen molar-refractivity contribution >= 4 is 70.0 Å². The number of nitrogens with two attached hydrogens (primary N) is 2. The van der Waals surface area contributed by atoms with Gasteiger partial charge < -0.3 is 31.5 Å². The van der Waals surface area contributed by atoms with E-state index < -0.39 is 0 Å². The summed E-state index contributed by atoms with van der Waals surface area (Å²) in [6.45, 7) is 9.77. The number of benzene rings is 1. The Hall–Kier alpha value is -4.51. The first-order valence-corrected chi connectivity index (χ1v) is 23.1. The summed E-state index contributed by atoms with van der Waals surface area (Å²) >= 11 is 8.15. The van der Waals surface area contributed by atoms with Crippen LogP contribution in [0.1, 0.15) is 82.6 Å². The average molecular weight is 873 g/mol. The maximum Gasteiger partial charge on any atom is 0.234 e. The molecule has 61 heavy (non-hydrogen) atoms. The zero-order valence-corrected chi connectivity index (χ0v) is 36.6. The number of rotatable bonds is 10. The van der Waals surface area contributed by atoms with Crippen LogP contribution < -0.4 is 31.9 Å². The van der Waals surface area contributed by atoms with Crippen LogP contribution in [0.5, 0.6) is 0 Å². The lowest BCUT2D eigenvalue weighted by molar-refractivity contribution is -0.139. The summed E-state index contributed by atoms with van der Waals surface area (Å²) in [7, 11) is 0. The van der Waals surface area contributed by atoms with Gasteiger partial charge in [0.05, 0.1) is 34.7 Å². The van der Waals surface area contributed by atoms with Crippen LogP contribution in [0.15, 0.2) is 52.8 Å². The van der Waals surface area contributed by atoms with E-state index in [1.165, 1.54) is 11.8 Å². The maximum absolute atomic E-state index is 13.6. The van der Waals surface area contributed by atoms with E-state index in [0.29, 0.717) is 70.9 Å². The quantitative estimate of drug-likeness (QED) is 0.201. The van der Waals surface area contributed by atoms with Gasteiger partial charge in [-0.1, -0.05) is 29.4 Å². The van der Waals surface area contributed by atoms with Gasteiger partial charge >= 0.3 is 0 Å². The predicted molar refractivity (Wildman–Crippen MR) is 237 cm³/mol. The van der Waals surface area contributed by atoms with Crippen LogP contribution in [0.3, 0.4) is 0 Å². The van der Waals surface area contributed by atoms with Crippen molar-refractivity contribution in [2.24, 2.45) is 23.5 Å². The molecular weight excluding hydrogens is 814 g/mol. The van der Waals surface area contributed by atoms with Crippen molar-refractivity contribution in [1.29, 1.82) is 0 Å². The van der Waals surface area contributed by atoms with Gasteiger partial charge in [0.25, 0.3) is 0 Å². The summed E-state index contributed by atoms with van der Waals surface area (Å²) in [5.41, 5.74) is 14.9. The fourth-order valence-electron chi connectivity index (χ4n) is 9.46. The van der Waals surface area contributed by atoms with Gasteiger partial charge in [-0.15, -0.1) is 0 Å². The van der Waals surface area contributed by atoms with Crippen molar-refractivity contribution in [1.82, 2.24) is 30.1 Å².